The first-order chi connectivity index (χ1) is 14.7. The van der Waals surface area contributed by atoms with Crippen molar-refractivity contribution in [1.82, 2.24) is 10.2 Å². The summed E-state index contributed by atoms with van der Waals surface area (Å²) in [6.07, 6.45) is 7.42. The summed E-state index contributed by atoms with van der Waals surface area (Å²) in [6.45, 7) is 2.32. The Balaban J connectivity index is 1.55. The molecule has 0 aromatic heterocycles. The maximum absolute atomic E-state index is 12.6. The molecule has 168 valence electrons. The van der Waals surface area contributed by atoms with Gasteiger partial charge in [-0.15, -0.1) is 0 Å². The summed E-state index contributed by atoms with van der Waals surface area (Å²) in [5.41, 5.74) is 1.85. The summed E-state index contributed by atoms with van der Waals surface area (Å²) in [6, 6.07) is 14.1. The highest BCUT2D eigenvalue weighted by atomic mass is 32.2. The number of urea groups is 1. The first-order valence-corrected chi connectivity index (χ1v) is 12.7. The number of rotatable bonds is 7. The van der Waals surface area contributed by atoms with Gasteiger partial charge in [0.15, 0.2) is 9.84 Å². The van der Waals surface area contributed by atoms with Gasteiger partial charge in [0.25, 0.3) is 0 Å². The highest BCUT2D eigenvalue weighted by Crippen LogP contribution is 2.24. The normalized spacial score (nSPS) is 15.8. The van der Waals surface area contributed by atoms with Crippen LogP contribution in [0, 0.1) is 0 Å². The molecule has 1 N–H and O–H groups in total. The summed E-state index contributed by atoms with van der Waals surface area (Å²) in [7, 11) is -1.51. The first kappa shape index (κ1) is 23.1. The Kier molecular flexibility index (Phi) is 7.59. The Hall–Kier alpha value is -2.54. The lowest BCUT2D eigenvalue weighted by Crippen LogP contribution is -2.38. The number of carbonyl (C=O) groups excluding carboxylic acids is 1. The number of nitrogens with zero attached hydrogens (tertiary/aromatic N) is 1. The number of nitrogens with one attached hydrogen (secondary N) is 1. The van der Waals surface area contributed by atoms with E-state index >= 15 is 0 Å². The van der Waals surface area contributed by atoms with Gasteiger partial charge in [0.05, 0.1) is 17.0 Å². The SMILES string of the molecule is CC(c1ccc(S(C)(=O)=O)cc1)N(C)C(=O)NCc1cccc(OC2CCCCC2)c1. The van der Waals surface area contributed by atoms with Crippen LogP contribution in [0.5, 0.6) is 5.75 Å². The monoisotopic (exact) mass is 444 g/mol. The lowest BCUT2D eigenvalue weighted by atomic mass is 9.98. The Bertz CT molecular complexity index is 983. The van der Waals surface area contributed by atoms with Gasteiger partial charge in [-0.3, -0.25) is 0 Å². The molecule has 1 aliphatic carbocycles. The van der Waals surface area contributed by atoms with Crippen LogP contribution in [0.4, 0.5) is 4.79 Å². The fourth-order valence-electron chi connectivity index (χ4n) is 3.80. The van der Waals surface area contributed by atoms with Crippen LogP contribution in [0.2, 0.25) is 0 Å². The topological polar surface area (TPSA) is 75.7 Å². The second-order valence-electron chi connectivity index (χ2n) is 8.31. The molecule has 6 nitrogen and oxygen atoms in total. The second kappa shape index (κ2) is 10.2. The van der Waals surface area contributed by atoms with Crippen molar-refractivity contribution in [3.63, 3.8) is 0 Å². The Morgan fingerprint density at radius 1 is 1.13 bits per heavy atom. The maximum Gasteiger partial charge on any atom is 0.317 e. The van der Waals surface area contributed by atoms with Crippen LogP contribution in [0.15, 0.2) is 53.4 Å². The Morgan fingerprint density at radius 2 is 1.81 bits per heavy atom. The molecular formula is C24H32N2O4S. The second-order valence-corrected chi connectivity index (χ2v) is 10.3. The summed E-state index contributed by atoms with van der Waals surface area (Å²) < 4.78 is 29.4. The van der Waals surface area contributed by atoms with Crippen LogP contribution >= 0.6 is 0 Å². The van der Waals surface area contributed by atoms with Gasteiger partial charge in [-0.1, -0.05) is 30.7 Å². The van der Waals surface area contributed by atoms with Gasteiger partial charge < -0.3 is 15.0 Å². The van der Waals surface area contributed by atoms with Crippen LogP contribution in [0.25, 0.3) is 0 Å². The highest BCUT2D eigenvalue weighted by Gasteiger charge is 2.18. The number of benzene rings is 2. The van der Waals surface area contributed by atoms with Gasteiger partial charge in [-0.25, -0.2) is 13.2 Å². The van der Waals surface area contributed by atoms with E-state index in [4.69, 9.17) is 4.74 Å². The predicted molar refractivity (Wildman–Crippen MR) is 122 cm³/mol. The average molecular weight is 445 g/mol. The molecule has 2 amide bonds. The van der Waals surface area contributed by atoms with Crippen molar-refractivity contribution in [2.45, 2.75) is 62.6 Å². The van der Waals surface area contributed by atoms with E-state index in [0.717, 1.165) is 29.7 Å². The van der Waals surface area contributed by atoms with Gasteiger partial charge in [0.1, 0.15) is 5.75 Å². The molecule has 0 aliphatic heterocycles. The van der Waals surface area contributed by atoms with Crippen molar-refractivity contribution < 1.29 is 17.9 Å². The number of amides is 2. The van der Waals surface area contributed by atoms with Gasteiger partial charge in [0, 0.05) is 19.8 Å². The molecule has 0 saturated heterocycles. The third-order valence-corrected chi connectivity index (χ3v) is 7.02. The molecule has 1 atom stereocenters. The minimum absolute atomic E-state index is 0.196. The van der Waals surface area contributed by atoms with Gasteiger partial charge in [-0.05, 0) is 68.0 Å². The first-order valence-electron chi connectivity index (χ1n) is 10.8. The average Bonchev–Trinajstić information content (AvgIpc) is 2.77. The minimum Gasteiger partial charge on any atom is -0.490 e. The van der Waals surface area contributed by atoms with E-state index < -0.39 is 9.84 Å². The molecule has 0 heterocycles. The number of carbonyl (C=O) groups is 1. The number of hydrogen-bond acceptors (Lipinski definition) is 4. The molecule has 1 aliphatic rings. The van der Waals surface area contributed by atoms with E-state index in [9.17, 15) is 13.2 Å². The summed E-state index contributed by atoms with van der Waals surface area (Å²) >= 11 is 0. The van der Waals surface area contributed by atoms with E-state index in [1.54, 1.807) is 36.2 Å². The Labute approximate surface area is 185 Å². The highest BCUT2D eigenvalue weighted by molar-refractivity contribution is 7.90. The quantitative estimate of drug-likeness (QED) is 0.671. The third-order valence-electron chi connectivity index (χ3n) is 5.89. The summed E-state index contributed by atoms with van der Waals surface area (Å²) in [5.74, 6) is 0.853. The van der Waals surface area contributed by atoms with Crippen molar-refractivity contribution in [1.29, 1.82) is 0 Å². The van der Waals surface area contributed by atoms with Crippen LogP contribution < -0.4 is 10.1 Å². The molecule has 1 saturated carbocycles. The molecule has 7 heteroatoms. The Morgan fingerprint density at radius 3 is 2.45 bits per heavy atom. The number of ether oxygens (including phenoxy) is 1. The smallest absolute Gasteiger partial charge is 0.317 e. The van der Waals surface area contributed by atoms with Crippen LogP contribution in [-0.2, 0) is 16.4 Å². The molecule has 1 fully saturated rings. The zero-order chi connectivity index (χ0) is 22.4. The van der Waals surface area contributed by atoms with Crippen molar-refractivity contribution in [2.24, 2.45) is 0 Å². The molecule has 0 spiro atoms. The van der Waals surface area contributed by atoms with Crippen molar-refractivity contribution in [3.05, 3.63) is 59.7 Å². The number of sulfone groups is 1. The lowest BCUT2D eigenvalue weighted by Gasteiger charge is -2.26. The predicted octanol–water partition coefficient (Wildman–Crippen LogP) is 4.70. The van der Waals surface area contributed by atoms with E-state index in [2.05, 4.69) is 5.32 Å². The lowest BCUT2D eigenvalue weighted by molar-refractivity contribution is 0.155. The third kappa shape index (κ3) is 6.47. The van der Waals surface area contributed by atoms with E-state index in [-0.39, 0.29) is 17.0 Å². The molecule has 2 aromatic carbocycles. The zero-order valence-electron chi connectivity index (χ0n) is 18.5. The van der Waals surface area contributed by atoms with Crippen LogP contribution in [0.1, 0.15) is 56.2 Å². The molecule has 3 rings (SSSR count). The molecule has 2 aromatic rings. The molecule has 0 radical (unpaired) electrons. The summed E-state index contributed by atoms with van der Waals surface area (Å²) in [4.78, 5) is 14.5. The summed E-state index contributed by atoms with van der Waals surface area (Å²) in [5, 5.41) is 2.95. The van der Waals surface area contributed by atoms with Crippen molar-refractivity contribution >= 4 is 15.9 Å². The van der Waals surface area contributed by atoms with Crippen molar-refractivity contribution in [3.8, 4) is 5.75 Å². The molecular weight excluding hydrogens is 412 g/mol. The fourth-order valence-corrected chi connectivity index (χ4v) is 4.43. The molecule has 1 unspecified atom stereocenters. The maximum atomic E-state index is 12.6. The zero-order valence-corrected chi connectivity index (χ0v) is 19.3. The molecule has 0 bridgehead atoms. The van der Waals surface area contributed by atoms with E-state index in [1.807, 2.05) is 31.2 Å². The standard InChI is InChI=1S/C24H32N2O4S/c1-18(20-12-14-23(15-13-20)31(3,28)29)26(2)24(27)25-17-19-8-7-11-22(16-19)30-21-9-5-4-6-10-21/h7-8,11-16,18,21H,4-6,9-10,17H2,1-3H3,(H,25,27). The van der Waals surface area contributed by atoms with Crippen LogP contribution in [0.3, 0.4) is 0 Å². The number of hydrogen-bond donors (Lipinski definition) is 1. The van der Waals surface area contributed by atoms with E-state index in [0.29, 0.717) is 12.6 Å². The minimum atomic E-state index is -3.24. The van der Waals surface area contributed by atoms with Gasteiger partial charge in [-0.2, -0.15) is 0 Å². The van der Waals surface area contributed by atoms with Crippen LogP contribution in [-0.4, -0.2) is 38.8 Å². The van der Waals surface area contributed by atoms with Gasteiger partial charge in [0.2, 0.25) is 0 Å². The van der Waals surface area contributed by atoms with Gasteiger partial charge >= 0.3 is 6.03 Å². The largest absolute Gasteiger partial charge is 0.490 e. The van der Waals surface area contributed by atoms with E-state index in [1.165, 1.54) is 25.5 Å². The fraction of sp³-hybridized carbons (Fsp3) is 0.458. The van der Waals surface area contributed by atoms with Crippen molar-refractivity contribution in [2.75, 3.05) is 13.3 Å². The molecule has 31 heavy (non-hydrogen) atoms.